The van der Waals surface area contributed by atoms with Gasteiger partial charge in [-0.1, -0.05) is 47.5 Å². The van der Waals surface area contributed by atoms with Gasteiger partial charge in [-0.15, -0.1) is 0 Å². The van der Waals surface area contributed by atoms with Crippen LogP contribution in [0.5, 0.6) is 0 Å². The zero-order valence-electron chi connectivity index (χ0n) is 13.0. The average Bonchev–Trinajstić information content (AvgIpc) is 2.55. The number of nitro groups is 2. The lowest BCUT2D eigenvalue weighted by Gasteiger charge is -2.00. The van der Waals surface area contributed by atoms with Crippen LogP contribution in [0, 0.1) is 27.2 Å². The first kappa shape index (κ1) is 18.6. The molecule has 3 rings (SSSR count). The molecule has 6 nitrogen and oxygen atoms in total. The van der Waals surface area contributed by atoms with E-state index in [1.165, 1.54) is 18.2 Å². The highest BCUT2D eigenvalue weighted by atomic mass is 35.5. The largest absolute Gasteiger partial charge is 0.288 e. The summed E-state index contributed by atoms with van der Waals surface area (Å²) < 4.78 is 0. The lowest BCUT2D eigenvalue weighted by Crippen LogP contribution is -1.90. The van der Waals surface area contributed by atoms with Crippen molar-refractivity contribution in [1.29, 1.82) is 0 Å². The molecule has 0 heterocycles. The maximum atomic E-state index is 10.6. The molecule has 0 aliphatic heterocycles. The molecule has 0 saturated carbocycles. The van der Waals surface area contributed by atoms with Gasteiger partial charge in [0.2, 0.25) is 0 Å². The number of halogens is 2. The van der Waals surface area contributed by atoms with Crippen molar-refractivity contribution in [1.82, 2.24) is 0 Å². The third kappa shape index (κ3) is 4.43. The lowest BCUT2D eigenvalue weighted by molar-refractivity contribution is -0.385. The molecule has 0 atom stereocenters. The molecule has 0 aliphatic rings. The first-order valence-corrected chi connectivity index (χ1v) is 7.79. The van der Waals surface area contributed by atoms with Gasteiger partial charge in [0, 0.05) is 28.1 Å². The second-order valence-corrected chi connectivity index (χ2v) is 5.88. The van der Waals surface area contributed by atoms with E-state index in [0.29, 0.717) is 16.0 Å². The molecule has 0 aromatic heterocycles. The highest BCUT2D eigenvalue weighted by Crippen LogP contribution is 2.31. The van der Waals surface area contributed by atoms with E-state index in [1.54, 1.807) is 31.2 Å². The van der Waals surface area contributed by atoms with Gasteiger partial charge in [-0.2, -0.15) is 0 Å². The third-order valence-electron chi connectivity index (χ3n) is 3.40. The molecule has 3 aromatic rings. The van der Waals surface area contributed by atoms with E-state index < -0.39 is 9.85 Å². The van der Waals surface area contributed by atoms with Gasteiger partial charge in [0.05, 0.1) is 9.85 Å². The third-order valence-corrected chi connectivity index (χ3v) is 4.03. The minimum absolute atomic E-state index is 0.0506. The van der Waals surface area contributed by atoms with Crippen molar-refractivity contribution >= 4 is 45.3 Å². The molecule has 3 aromatic carbocycles. The van der Waals surface area contributed by atoms with Gasteiger partial charge in [-0.3, -0.25) is 20.2 Å². The van der Waals surface area contributed by atoms with E-state index in [4.69, 9.17) is 23.2 Å². The van der Waals surface area contributed by atoms with Crippen molar-refractivity contribution < 1.29 is 9.85 Å². The highest BCUT2D eigenvalue weighted by molar-refractivity contribution is 6.37. The number of hydrogen-bond donors (Lipinski definition) is 0. The summed E-state index contributed by atoms with van der Waals surface area (Å²) in [6.45, 7) is 1.66. The van der Waals surface area contributed by atoms with Crippen molar-refractivity contribution in [2.75, 3.05) is 0 Å². The van der Waals surface area contributed by atoms with E-state index in [-0.39, 0.29) is 16.4 Å². The van der Waals surface area contributed by atoms with Crippen LogP contribution < -0.4 is 0 Å². The van der Waals surface area contributed by atoms with Crippen LogP contribution in [0.25, 0.3) is 10.8 Å². The SMILES string of the molecule is Cc1cc(Cl)ccc1[N+](=O)[O-].O=[N+]([O-])c1ccc2ccccc2c1Cl. The smallest absolute Gasteiger partial charge is 0.258 e. The van der Waals surface area contributed by atoms with Gasteiger partial charge >= 0.3 is 0 Å². The number of fused-ring (bicyclic) bond motifs is 1. The Morgan fingerprint density at radius 3 is 2.04 bits per heavy atom. The molecule has 0 bridgehead atoms. The number of nitrogens with zero attached hydrogens (tertiary/aromatic N) is 2. The number of benzene rings is 3. The standard InChI is InChI=1S/C10H6ClNO2.C7H6ClNO2/c11-10-8-4-2-1-3-7(8)5-6-9(10)12(13)14;1-5-4-6(8)2-3-7(5)9(10)11/h1-6H;2-4H,1H3. The molecule has 0 aliphatic carbocycles. The first-order valence-electron chi connectivity index (χ1n) is 7.03. The van der Waals surface area contributed by atoms with Crippen LogP contribution in [0.15, 0.2) is 54.6 Å². The highest BCUT2D eigenvalue weighted by Gasteiger charge is 2.13. The average molecular weight is 379 g/mol. The van der Waals surface area contributed by atoms with Crippen LogP contribution in [-0.4, -0.2) is 9.85 Å². The van der Waals surface area contributed by atoms with E-state index >= 15 is 0 Å². The van der Waals surface area contributed by atoms with Crippen molar-refractivity contribution in [2.24, 2.45) is 0 Å². The number of aryl methyl sites for hydroxylation is 1. The Kier molecular flexibility index (Phi) is 5.90. The zero-order valence-corrected chi connectivity index (χ0v) is 14.5. The second-order valence-electron chi connectivity index (χ2n) is 5.06. The minimum atomic E-state index is -0.477. The van der Waals surface area contributed by atoms with Crippen LogP contribution in [0.4, 0.5) is 11.4 Å². The summed E-state index contributed by atoms with van der Waals surface area (Å²) in [7, 11) is 0. The van der Waals surface area contributed by atoms with Crippen molar-refractivity contribution in [3.05, 3.63) is 90.4 Å². The predicted octanol–water partition coefficient (Wildman–Crippen LogP) is 5.96. The second kappa shape index (κ2) is 7.92. The molecule has 0 spiro atoms. The topological polar surface area (TPSA) is 86.3 Å². The molecule has 0 unspecified atom stereocenters. The van der Waals surface area contributed by atoms with Gasteiger partial charge in [0.15, 0.2) is 0 Å². The molecule has 0 amide bonds. The molecule has 8 heteroatoms. The fourth-order valence-electron chi connectivity index (χ4n) is 2.19. The fourth-order valence-corrected chi connectivity index (χ4v) is 2.72. The summed E-state index contributed by atoms with van der Waals surface area (Å²) in [6, 6.07) is 14.9. The van der Waals surface area contributed by atoms with Crippen LogP contribution in [-0.2, 0) is 0 Å². The maximum absolute atomic E-state index is 10.6. The molecular formula is C17H12Cl2N2O4. The Balaban J connectivity index is 0.000000186. The Morgan fingerprint density at radius 1 is 0.840 bits per heavy atom. The number of rotatable bonds is 2. The van der Waals surface area contributed by atoms with Gasteiger partial charge < -0.3 is 0 Å². The van der Waals surface area contributed by atoms with Crippen molar-refractivity contribution in [3.8, 4) is 0 Å². The van der Waals surface area contributed by atoms with Crippen molar-refractivity contribution in [2.45, 2.75) is 6.92 Å². The Bertz CT molecular complexity index is 961. The normalized spacial score (nSPS) is 10.0. The maximum Gasteiger partial charge on any atom is 0.288 e. The van der Waals surface area contributed by atoms with Gasteiger partial charge in [0.25, 0.3) is 11.4 Å². The minimum Gasteiger partial charge on any atom is -0.258 e. The van der Waals surface area contributed by atoms with Crippen molar-refractivity contribution in [3.63, 3.8) is 0 Å². The van der Waals surface area contributed by atoms with Crippen LogP contribution in [0.2, 0.25) is 10.0 Å². The Labute approximate surface area is 152 Å². The summed E-state index contributed by atoms with van der Waals surface area (Å²) in [5.74, 6) is 0. The monoisotopic (exact) mass is 378 g/mol. The number of hydrogen-bond acceptors (Lipinski definition) is 4. The Morgan fingerprint density at radius 2 is 1.44 bits per heavy atom. The molecule has 25 heavy (non-hydrogen) atoms. The number of nitro benzene ring substituents is 2. The van der Waals surface area contributed by atoms with Crippen LogP contribution in [0.3, 0.4) is 0 Å². The van der Waals surface area contributed by atoms with E-state index in [9.17, 15) is 20.2 Å². The summed E-state index contributed by atoms with van der Waals surface area (Å²) in [6.07, 6.45) is 0. The van der Waals surface area contributed by atoms with Crippen LogP contribution in [0.1, 0.15) is 5.56 Å². The molecule has 0 radical (unpaired) electrons. The zero-order chi connectivity index (χ0) is 18.6. The summed E-state index contributed by atoms with van der Waals surface area (Å²) >= 11 is 11.5. The summed E-state index contributed by atoms with van der Waals surface area (Å²) in [4.78, 5) is 20.0. The molecule has 128 valence electrons. The van der Waals surface area contributed by atoms with Crippen LogP contribution >= 0.6 is 23.2 Å². The fraction of sp³-hybridized carbons (Fsp3) is 0.0588. The molecule has 0 fully saturated rings. The molecule has 0 N–H and O–H groups in total. The molecule has 0 saturated heterocycles. The lowest BCUT2D eigenvalue weighted by atomic mass is 10.1. The summed E-state index contributed by atoms with van der Waals surface area (Å²) in [5, 5.41) is 23.2. The van der Waals surface area contributed by atoms with E-state index in [0.717, 1.165) is 5.39 Å². The first-order chi connectivity index (χ1) is 11.8. The Hall–Kier alpha value is -2.70. The molecular weight excluding hydrogens is 367 g/mol. The van der Waals surface area contributed by atoms with Gasteiger partial charge in [-0.05, 0) is 30.5 Å². The quantitative estimate of drug-likeness (QED) is 0.406. The van der Waals surface area contributed by atoms with E-state index in [2.05, 4.69) is 0 Å². The summed E-state index contributed by atoms with van der Waals surface area (Å²) in [5.41, 5.74) is 0.641. The van der Waals surface area contributed by atoms with Gasteiger partial charge in [0.1, 0.15) is 5.02 Å². The van der Waals surface area contributed by atoms with E-state index in [1.807, 2.05) is 12.1 Å². The van der Waals surface area contributed by atoms with Gasteiger partial charge in [-0.25, -0.2) is 0 Å². The predicted molar refractivity (Wildman–Crippen MR) is 98.5 cm³/mol.